The molecule has 3 atom stereocenters. The third kappa shape index (κ3) is 3.04. The number of piperidine rings is 1. The van der Waals surface area contributed by atoms with Gasteiger partial charge >= 0.3 is 6.09 Å². The summed E-state index contributed by atoms with van der Waals surface area (Å²) in [7, 11) is 0. The molecule has 1 amide bonds. The number of carbonyl (C=O) groups excluding carboxylic acids is 1. The molecule has 2 rings (SSSR count). The van der Waals surface area contributed by atoms with Crippen molar-refractivity contribution in [1.82, 2.24) is 4.90 Å². The number of hydrogen-bond donors (Lipinski definition) is 1. The largest absolute Gasteiger partial charge is 0.444 e. The maximum atomic E-state index is 12.1. The molecule has 2 aliphatic rings. The Morgan fingerprint density at radius 2 is 1.95 bits per heavy atom. The molecule has 1 heterocycles. The maximum absolute atomic E-state index is 12.1. The van der Waals surface area contributed by atoms with Gasteiger partial charge in [-0.05, 0) is 50.9 Å². The van der Waals surface area contributed by atoms with E-state index >= 15 is 0 Å². The molecule has 1 aliphatic carbocycles. The van der Waals surface area contributed by atoms with E-state index in [-0.39, 0.29) is 17.6 Å². The molecule has 1 aliphatic heterocycles. The molecule has 0 bridgehead atoms. The molecule has 0 aromatic rings. The number of ether oxygens (including phenoxy) is 1. The van der Waals surface area contributed by atoms with E-state index in [1.807, 2.05) is 25.7 Å². The first-order chi connectivity index (χ1) is 8.63. The SMILES string of the molecule is CC(C)(C)OC(=O)N1CCCC(C2C(N)C2(C)C)C1. The average Bonchev–Trinajstić information content (AvgIpc) is 2.76. The van der Waals surface area contributed by atoms with Crippen LogP contribution in [0.5, 0.6) is 0 Å². The quantitative estimate of drug-likeness (QED) is 0.795. The van der Waals surface area contributed by atoms with Crippen molar-refractivity contribution in [2.24, 2.45) is 23.0 Å². The van der Waals surface area contributed by atoms with Gasteiger partial charge in [0.25, 0.3) is 0 Å². The van der Waals surface area contributed by atoms with E-state index in [2.05, 4.69) is 13.8 Å². The summed E-state index contributed by atoms with van der Waals surface area (Å²) in [5.74, 6) is 1.09. The highest BCUT2D eigenvalue weighted by atomic mass is 16.6. The van der Waals surface area contributed by atoms with Crippen LogP contribution in [0, 0.1) is 17.3 Å². The molecule has 2 N–H and O–H groups in total. The number of amides is 1. The minimum absolute atomic E-state index is 0.177. The fourth-order valence-electron chi connectivity index (χ4n) is 3.41. The zero-order chi connectivity index (χ0) is 14.4. The number of hydrogen-bond acceptors (Lipinski definition) is 3. The van der Waals surface area contributed by atoms with E-state index in [1.165, 1.54) is 6.42 Å². The molecular formula is C15H28N2O2. The Bertz CT molecular complexity index is 360. The third-order valence-electron chi connectivity index (χ3n) is 4.61. The predicted octanol–water partition coefficient (Wildman–Crippen LogP) is 2.62. The minimum Gasteiger partial charge on any atom is -0.444 e. The summed E-state index contributed by atoms with van der Waals surface area (Å²) in [6.45, 7) is 11.8. The highest BCUT2D eigenvalue weighted by Gasteiger charge is 2.59. The standard InChI is InChI=1S/C15H28N2O2/c1-14(2,3)19-13(18)17-8-6-7-10(9-17)11-12(16)15(11,4)5/h10-12H,6-9,16H2,1-5H3. The predicted molar refractivity (Wildman–Crippen MR) is 75.8 cm³/mol. The summed E-state index contributed by atoms with van der Waals surface area (Å²) in [6.07, 6.45) is 2.06. The van der Waals surface area contributed by atoms with Gasteiger partial charge in [-0.1, -0.05) is 13.8 Å². The topological polar surface area (TPSA) is 55.6 Å². The van der Waals surface area contributed by atoms with Gasteiger partial charge in [0, 0.05) is 19.1 Å². The van der Waals surface area contributed by atoms with Gasteiger partial charge in [0.05, 0.1) is 0 Å². The van der Waals surface area contributed by atoms with Crippen LogP contribution in [-0.4, -0.2) is 35.7 Å². The average molecular weight is 268 g/mol. The summed E-state index contributed by atoms with van der Waals surface area (Å²) in [5.41, 5.74) is 5.98. The van der Waals surface area contributed by atoms with Crippen LogP contribution in [0.4, 0.5) is 4.79 Å². The van der Waals surface area contributed by atoms with Crippen molar-refractivity contribution < 1.29 is 9.53 Å². The maximum Gasteiger partial charge on any atom is 0.410 e. The molecule has 0 radical (unpaired) electrons. The Morgan fingerprint density at radius 3 is 2.42 bits per heavy atom. The molecule has 0 spiro atoms. The van der Waals surface area contributed by atoms with Crippen LogP contribution in [0.25, 0.3) is 0 Å². The Labute approximate surface area is 116 Å². The van der Waals surface area contributed by atoms with Gasteiger partial charge in [0.15, 0.2) is 0 Å². The van der Waals surface area contributed by atoms with E-state index in [1.54, 1.807) is 0 Å². The molecule has 4 heteroatoms. The van der Waals surface area contributed by atoms with Gasteiger partial charge in [-0.25, -0.2) is 4.79 Å². The van der Waals surface area contributed by atoms with Crippen LogP contribution >= 0.6 is 0 Å². The second-order valence-electron chi connectivity index (χ2n) is 7.70. The van der Waals surface area contributed by atoms with Gasteiger partial charge in [-0.3, -0.25) is 0 Å². The summed E-state index contributed by atoms with van der Waals surface area (Å²) in [6, 6.07) is 0.288. The molecule has 110 valence electrons. The molecule has 2 fully saturated rings. The van der Waals surface area contributed by atoms with E-state index in [0.717, 1.165) is 19.5 Å². The van der Waals surface area contributed by atoms with Crippen molar-refractivity contribution >= 4 is 6.09 Å². The number of carbonyl (C=O) groups is 1. The van der Waals surface area contributed by atoms with Crippen molar-refractivity contribution in [2.45, 2.75) is 59.1 Å². The minimum atomic E-state index is -0.417. The van der Waals surface area contributed by atoms with Crippen molar-refractivity contribution in [3.63, 3.8) is 0 Å². The Kier molecular flexibility index (Phi) is 3.58. The highest BCUT2D eigenvalue weighted by molar-refractivity contribution is 5.68. The van der Waals surface area contributed by atoms with Crippen molar-refractivity contribution in [3.8, 4) is 0 Å². The smallest absolute Gasteiger partial charge is 0.410 e. The summed E-state index contributed by atoms with van der Waals surface area (Å²) in [5, 5.41) is 0. The summed E-state index contributed by atoms with van der Waals surface area (Å²) >= 11 is 0. The van der Waals surface area contributed by atoms with Crippen LogP contribution < -0.4 is 5.73 Å². The second-order valence-corrected chi connectivity index (χ2v) is 7.70. The lowest BCUT2D eigenvalue weighted by atomic mass is 9.89. The fraction of sp³-hybridized carbons (Fsp3) is 0.933. The van der Waals surface area contributed by atoms with Gasteiger partial charge < -0.3 is 15.4 Å². The van der Waals surface area contributed by atoms with Gasteiger partial charge in [-0.15, -0.1) is 0 Å². The van der Waals surface area contributed by atoms with Crippen molar-refractivity contribution in [2.75, 3.05) is 13.1 Å². The number of rotatable bonds is 1. The van der Waals surface area contributed by atoms with Crippen LogP contribution in [-0.2, 0) is 4.74 Å². The van der Waals surface area contributed by atoms with E-state index < -0.39 is 5.60 Å². The lowest BCUT2D eigenvalue weighted by Gasteiger charge is -2.34. The first-order valence-electron chi connectivity index (χ1n) is 7.36. The van der Waals surface area contributed by atoms with Crippen LogP contribution in [0.1, 0.15) is 47.5 Å². The molecule has 1 saturated carbocycles. The summed E-state index contributed by atoms with van der Waals surface area (Å²) in [4.78, 5) is 14.0. The number of likely N-dealkylation sites (tertiary alicyclic amines) is 1. The molecule has 1 saturated heterocycles. The van der Waals surface area contributed by atoms with Gasteiger partial charge in [0.2, 0.25) is 0 Å². The van der Waals surface area contributed by atoms with Gasteiger partial charge in [0.1, 0.15) is 5.60 Å². The van der Waals surface area contributed by atoms with E-state index in [9.17, 15) is 4.79 Å². The Balaban J connectivity index is 1.93. The number of nitrogens with two attached hydrogens (primary N) is 1. The van der Waals surface area contributed by atoms with E-state index in [4.69, 9.17) is 10.5 Å². The fourth-order valence-corrected chi connectivity index (χ4v) is 3.41. The first-order valence-corrected chi connectivity index (χ1v) is 7.36. The van der Waals surface area contributed by atoms with Crippen molar-refractivity contribution in [3.05, 3.63) is 0 Å². The third-order valence-corrected chi connectivity index (χ3v) is 4.61. The molecule has 0 aromatic carbocycles. The van der Waals surface area contributed by atoms with Crippen molar-refractivity contribution in [1.29, 1.82) is 0 Å². The Morgan fingerprint density at radius 1 is 1.37 bits per heavy atom. The monoisotopic (exact) mass is 268 g/mol. The normalized spacial score (nSPS) is 34.0. The zero-order valence-corrected chi connectivity index (χ0v) is 12.9. The Hall–Kier alpha value is -0.770. The van der Waals surface area contributed by atoms with Crippen LogP contribution in [0.2, 0.25) is 0 Å². The first kappa shape index (κ1) is 14.6. The number of nitrogens with zero attached hydrogens (tertiary/aromatic N) is 1. The second kappa shape index (κ2) is 4.65. The molecule has 19 heavy (non-hydrogen) atoms. The molecule has 4 nitrogen and oxygen atoms in total. The molecule has 0 aromatic heterocycles. The van der Waals surface area contributed by atoms with Crippen LogP contribution in [0.15, 0.2) is 0 Å². The molecular weight excluding hydrogens is 240 g/mol. The molecule has 3 unspecified atom stereocenters. The van der Waals surface area contributed by atoms with Gasteiger partial charge in [-0.2, -0.15) is 0 Å². The van der Waals surface area contributed by atoms with E-state index in [0.29, 0.717) is 11.8 Å². The summed E-state index contributed by atoms with van der Waals surface area (Å²) < 4.78 is 5.46. The lowest BCUT2D eigenvalue weighted by Crippen LogP contribution is -2.43. The van der Waals surface area contributed by atoms with Crippen LogP contribution in [0.3, 0.4) is 0 Å². The zero-order valence-electron chi connectivity index (χ0n) is 12.9. The highest BCUT2D eigenvalue weighted by Crippen LogP contribution is 2.56. The lowest BCUT2D eigenvalue weighted by molar-refractivity contribution is 0.0146.